The molecule has 0 bridgehead atoms. The molecular weight excluding hydrogens is 204 g/mol. The quantitative estimate of drug-likeness (QED) is 0.819. The van der Waals surface area contributed by atoms with Crippen molar-refractivity contribution in [2.24, 2.45) is 0 Å². The van der Waals surface area contributed by atoms with E-state index in [4.69, 9.17) is 4.74 Å². The third kappa shape index (κ3) is 1.94. The summed E-state index contributed by atoms with van der Waals surface area (Å²) < 4.78 is 5.02. The average Bonchev–Trinajstić information content (AvgIpc) is 2.56. The van der Waals surface area contributed by atoms with E-state index in [0.29, 0.717) is 13.2 Å². The number of carbonyl (C=O) groups is 1. The minimum absolute atomic E-state index is 0.110. The maximum atomic E-state index is 11.7. The molecule has 0 fully saturated rings. The van der Waals surface area contributed by atoms with E-state index in [9.17, 15) is 4.79 Å². The van der Waals surface area contributed by atoms with Crippen LogP contribution in [0.2, 0.25) is 0 Å². The number of methoxy groups -OCH3 is 1. The maximum Gasteiger partial charge on any atom is 0.233 e. The Morgan fingerprint density at radius 1 is 1.50 bits per heavy atom. The van der Waals surface area contributed by atoms with Crippen molar-refractivity contribution in [1.82, 2.24) is 5.32 Å². The van der Waals surface area contributed by atoms with Gasteiger partial charge in [0.15, 0.2) is 0 Å². The van der Waals surface area contributed by atoms with E-state index in [1.54, 1.807) is 12.0 Å². The smallest absolute Gasteiger partial charge is 0.233 e. The molecule has 1 aromatic carbocycles. The summed E-state index contributed by atoms with van der Waals surface area (Å²) in [7, 11) is 3.51. The van der Waals surface area contributed by atoms with Crippen molar-refractivity contribution >= 4 is 11.6 Å². The average molecular weight is 220 g/mol. The summed E-state index contributed by atoms with van der Waals surface area (Å²) in [6, 6.07) is 6.11. The van der Waals surface area contributed by atoms with Gasteiger partial charge in [0.1, 0.15) is 6.73 Å². The van der Waals surface area contributed by atoms with Crippen molar-refractivity contribution in [2.45, 2.75) is 13.0 Å². The number of benzene rings is 1. The molecule has 1 aliphatic rings. The Bertz CT molecular complexity index is 404. The number of nitrogens with one attached hydrogen (secondary N) is 1. The number of rotatable bonds is 4. The van der Waals surface area contributed by atoms with Gasteiger partial charge >= 0.3 is 0 Å². The van der Waals surface area contributed by atoms with Crippen LogP contribution in [0.15, 0.2) is 18.2 Å². The molecule has 1 aliphatic heterocycles. The van der Waals surface area contributed by atoms with Gasteiger partial charge < -0.3 is 10.1 Å². The van der Waals surface area contributed by atoms with Crippen LogP contribution < -0.4 is 10.2 Å². The first kappa shape index (κ1) is 11.1. The highest BCUT2D eigenvalue weighted by Crippen LogP contribution is 2.29. The standard InChI is InChI=1S/C12H16N2O2/c1-13-7-9-3-4-11-10(5-9)6-12(15)14(11)8-16-2/h3-5,13H,6-8H2,1-2H3. The molecule has 0 aromatic heterocycles. The molecular formula is C12H16N2O2. The van der Waals surface area contributed by atoms with E-state index in [1.165, 1.54) is 5.56 Å². The minimum Gasteiger partial charge on any atom is -0.364 e. The first-order chi connectivity index (χ1) is 7.76. The first-order valence-electron chi connectivity index (χ1n) is 5.32. The number of anilines is 1. The summed E-state index contributed by atoms with van der Waals surface area (Å²) in [6.07, 6.45) is 0.482. The van der Waals surface area contributed by atoms with Crippen molar-refractivity contribution in [3.63, 3.8) is 0 Å². The zero-order valence-electron chi connectivity index (χ0n) is 9.62. The van der Waals surface area contributed by atoms with E-state index >= 15 is 0 Å². The lowest BCUT2D eigenvalue weighted by molar-refractivity contribution is -0.118. The van der Waals surface area contributed by atoms with Gasteiger partial charge in [0, 0.05) is 19.3 Å². The lowest BCUT2D eigenvalue weighted by Crippen LogP contribution is -2.28. The fourth-order valence-electron chi connectivity index (χ4n) is 2.02. The second kappa shape index (κ2) is 4.63. The Morgan fingerprint density at radius 3 is 3.00 bits per heavy atom. The molecule has 0 saturated heterocycles. The maximum absolute atomic E-state index is 11.7. The number of nitrogens with zero attached hydrogens (tertiary/aromatic N) is 1. The van der Waals surface area contributed by atoms with Crippen LogP contribution in [0.25, 0.3) is 0 Å². The van der Waals surface area contributed by atoms with Crippen LogP contribution >= 0.6 is 0 Å². The number of amides is 1. The van der Waals surface area contributed by atoms with Crippen LogP contribution in [-0.4, -0.2) is 26.8 Å². The van der Waals surface area contributed by atoms with Crippen molar-refractivity contribution in [1.29, 1.82) is 0 Å². The van der Waals surface area contributed by atoms with Gasteiger partial charge in [0.25, 0.3) is 0 Å². The van der Waals surface area contributed by atoms with Crippen LogP contribution in [0.5, 0.6) is 0 Å². The summed E-state index contributed by atoms with van der Waals surface area (Å²) in [5.74, 6) is 0.110. The zero-order chi connectivity index (χ0) is 11.5. The van der Waals surface area contributed by atoms with E-state index < -0.39 is 0 Å². The number of hydrogen-bond acceptors (Lipinski definition) is 3. The Balaban J connectivity index is 2.27. The van der Waals surface area contributed by atoms with Crippen molar-refractivity contribution in [2.75, 3.05) is 25.8 Å². The molecule has 1 amide bonds. The van der Waals surface area contributed by atoms with Gasteiger partial charge in [-0.05, 0) is 24.2 Å². The molecule has 16 heavy (non-hydrogen) atoms. The van der Waals surface area contributed by atoms with Gasteiger partial charge in [-0.3, -0.25) is 9.69 Å². The van der Waals surface area contributed by atoms with E-state index in [-0.39, 0.29) is 5.91 Å². The lowest BCUT2D eigenvalue weighted by atomic mass is 10.1. The molecule has 2 rings (SSSR count). The van der Waals surface area contributed by atoms with Crippen molar-refractivity contribution in [3.8, 4) is 0 Å². The molecule has 0 radical (unpaired) electrons. The Kier molecular flexibility index (Phi) is 3.22. The lowest BCUT2D eigenvalue weighted by Gasteiger charge is -2.16. The van der Waals surface area contributed by atoms with Crippen LogP contribution in [0, 0.1) is 0 Å². The Labute approximate surface area is 95.2 Å². The largest absolute Gasteiger partial charge is 0.364 e. The van der Waals surface area contributed by atoms with Crippen LogP contribution in [-0.2, 0) is 22.5 Å². The summed E-state index contributed by atoms with van der Waals surface area (Å²) in [5, 5.41) is 3.10. The van der Waals surface area contributed by atoms with E-state index in [1.807, 2.05) is 19.2 Å². The molecule has 4 nitrogen and oxygen atoms in total. The molecule has 1 aromatic rings. The fourth-order valence-corrected chi connectivity index (χ4v) is 2.02. The minimum atomic E-state index is 0.110. The van der Waals surface area contributed by atoms with Gasteiger partial charge in [-0.25, -0.2) is 0 Å². The Hall–Kier alpha value is -1.39. The molecule has 1 heterocycles. The van der Waals surface area contributed by atoms with Gasteiger partial charge in [0.2, 0.25) is 5.91 Å². The molecule has 0 unspecified atom stereocenters. The third-order valence-corrected chi connectivity index (χ3v) is 2.72. The fraction of sp³-hybridized carbons (Fsp3) is 0.417. The van der Waals surface area contributed by atoms with Gasteiger partial charge in [-0.2, -0.15) is 0 Å². The van der Waals surface area contributed by atoms with E-state index in [2.05, 4.69) is 11.4 Å². The van der Waals surface area contributed by atoms with Gasteiger partial charge in [0.05, 0.1) is 6.42 Å². The molecule has 86 valence electrons. The zero-order valence-corrected chi connectivity index (χ0v) is 9.62. The number of carbonyl (C=O) groups excluding carboxylic acids is 1. The molecule has 4 heteroatoms. The summed E-state index contributed by atoms with van der Waals surface area (Å²) in [6.45, 7) is 1.16. The third-order valence-electron chi connectivity index (χ3n) is 2.72. The number of fused-ring (bicyclic) bond motifs is 1. The first-order valence-corrected chi connectivity index (χ1v) is 5.32. The van der Waals surface area contributed by atoms with Crippen LogP contribution in [0.4, 0.5) is 5.69 Å². The predicted octanol–water partition coefficient (Wildman–Crippen LogP) is 0.899. The van der Waals surface area contributed by atoms with Crippen LogP contribution in [0.1, 0.15) is 11.1 Å². The summed E-state index contributed by atoms with van der Waals surface area (Å²) >= 11 is 0. The van der Waals surface area contributed by atoms with Crippen molar-refractivity contribution < 1.29 is 9.53 Å². The topological polar surface area (TPSA) is 41.6 Å². The molecule has 0 atom stereocenters. The summed E-state index contributed by atoms with van der Waals surface area (Å²) in [5.41, 5.74) is 3.27. The normalized spacial score (nSPS) is 14.4. The van der Waals surface area contributed by atoms with Crippen molar-refractivity contribution in [3.05, 3.63) is 29.3 Å². The highest BCUT2D eigenvalue weighted by atomic mass is 16.5. The molecule has 0 aliphatic carbocycles. The number of hydrogen-bond donors (Lipinski definition) is 1. The second-order valence-electron chi connectivity index (χ2n) is 3.91. The van der Waals surface area contributed by atoms with Crippen LogP contribution in [0.3, 0.4) is 0 Å². The SMILES string of the molecule is CNCc1ccc2c(c1)CC(=O)N2COC. The van der Waals surface area contributed by atoms with Gasteiger partial charge in [-0.15, -0.1) is 0 Å². The molecule has 1 N–H and O–H groups in total. The molecule has 0 saturated carbocycles. The Morgan fingerprint density at radius 2 is 2.31 bits per heavy atom. The van der Waals surface area contributed by atoms with Gasteiger partial charge in [-0.1, -0.05) is 12.1 Å². The highest BCUT2D eigenvalue weighted by Gasteiger charge is 2.26. The summed E-state index contributed by atoms with van der Waals surface area (Å²) in [4.78, 5) is 13.4. The second-order valence-corrected chi connectivity index (χ2v) is 3.91. The van der Waals surface area contributed by atoms with E-state index in [0.717, 1.165) is 17.8 Å². The monoisotopic (exact) mass is 220 g/mol. The predicted molar refractivity (Wildman–Crippen MR) is 62.3 cm³/mol. The highest BCUT2D eigenvalue weighted by molar-refractivity contribution is 6.01. The number of ether oxygens (including phenoxy) is 1. The molecule has 0 spiro atoms.